The molecule has 0 atom stereocenters. The molecule has 0 bridgehead atoms. The number of carbonyl (C=O) groups excluding carboxylic acids is 2. The number of hydrogen-bond donors (Lipinski definition) is 0. The van der Waals surface area contributed by atoms with Crippen LogP contribution < -0.4 is 4.74 Å². The molecule has 2 aromatic rings. The van der Waals surface area contributed by atoms with Crippen molar-refractivity contribution >= 4 is 11.7 Å². The monoisotopic (exact) mass is 431 g/mol. The molecule has 2 aromatic carbocycles. The van der Waals surface area contributed by atoms with Gasteiger partial charge in [-0.05, 0) is 68.1 Å². The molecule has 166 valence electrons. The summed E-state index contributed by atoms with van der Waals surface area (Å²) >= 11 is 0. The molecule has 1 fully saturated rings. The number of nitriles is 1. The van der Waals surface area contributed by atoms with Crippen LogP contribution >= 0.6 is 0 Å². The highest BCUT2D eigenvalue weighted by Crippen LogP contribution is 2.28. The van der Waals surface area contributed by atoms with E-state index in [-0.39, 0.29) is 11.7 Å². The SMILES string of the molecule is CC(C)(Oc1ccc2c(c1)CCCC2=O)C(=O)N1CCN(Cc2ccc(C#N)cc2)CC1. The Labute approximate surface area is 189 Å². The van der Waals surface area contributed by atoms with Gasteiger partial charge in [-0.1, -0.05) is 12.1 Å². The van der Waals surface area contributed by atoms with Crippen molar-refractivity contribution < 1.29 is 14.3 Å². The van der Waals surface area contributed by atoms with Crippen LogP contribution in [0, 0.1) is 11.3 Å². The summed E-state index contributed by atoms with van der Waals surface area (Å²) < 4.78 is 6.12. The topological polar surface area (TPSA) is 73.6 Å². The molecule has 2 aliphatic rings. The van der Waals surface area contributed by atoms with Crippen molar-refractivity contribution in [1.82, 2.24) is 9.80 Å². The van der Waals surface area contributed by atoms with Crippen molar-refractivity contribution in [2.45, 2.75) is 45.3 Å². The fourth-order valence-electron chi connectivity index (χ4n) is 4.46. The third-order valence-electron chi connectivity index (χ3n) is 6.26. The summed E-state index contributed by atoms with van der Waals surface area (Å²) in [5.41, 5.74) is 2.64. The number of aryl methyl sites for hydroxylation is 1. The summed E-state index contributed by atoms with van der Waals surface area (Å²) in [4.78, 5) is 29.4. The average Bonchev–Trinajstić information content (AvgIpc) is 2.79. The largest absolute Gasteiger partial charge is 0.478 e. The van der Waals surface area contributed by atoms with Gasteiger partial charge in [-0.3, -0.25) is 14.5 Å². The van der Waals surface area contributed by atoms with E-state index in [2.05, 4.69) is 11.0 Å². The molecule has 6 nitrogen and oxygen atoms in total. The summed E-state index contributed by atoms with van der Waals surface area (Å²) in [6, 6.07) is 15.3. The summed E-state index contributed by atoms with van der Waals surface area (Å²) in [5.74, 6) is 0.799. The molecule has 1 heterocycles. The van der Waals surface area contributed by atoms with Crippen LogP contribution in [0.25, 0.3) is 0 Å². The normalized spacial score (nSPS) is 16.9. The highest BCUT2D eigenvalue weighted by Gasteiger charge is 2.36. The third kappa shape index (κ3) is 4.84. The predicted octanol–water partition coefficient (Wildman–Crippen LogP) is 3.58. The van der Waals surface area contributed by atoms with Gasteiger partial charge in [0, 0.05) is 44.7 Å². The van der Waals surface area contributed by atoms with Gasteiger partial charge >= 0.3 is 0 Å². The first-order valence-corrected chi connectivity index (χ1v) is 11.2. The molecule has 0 spiro atoms. The number of amides is 1. The van der Waals surface area contributed by atoms with Crippen molar-refractivity contribution in [2.24, 2.45) is 0 Å². The van der Waals surface area contributed by atoms with Gasteiger partial charge in [0.05, 0.1) is 11.6 Å². The smallest absolute Gasteiger partial charge is 0.266 e. The molecule has 0 N–H and O–H groups in total. The lowest BCUT2D eigenvalue weighted by Gasteiger charge is -2.38. The Morgan fingerprint density at radius 3 is 2.47 bits per heavy atom. The minimum atomic E-state index is -0.984. The van der Waals surface area contributed by atoms with Gasteiger partial charge in [0.25, 0.3) is 5.91 Å². The van der Waals surface area contributed by atoms with Crippen molar-refractivity contribution in [1.29, 1.82) is 5.26 Å². The van der Waals surface area contributed by atoms with Crippen LogP contribution in [0.4, 0.5) is 0 Å². The van der Waals surface area contributed by atoms with E-state index in [0.717, 1.165) is 43.6 Å². The van der Waals surface area contributed by atoms with E-state index in [1.807, 2.05) is 55.1 Å². The summed E-state index contributed by atoms with van der Waals surface area (Å²) in [6.45, 7) is 7.32. The van der Waals surface area contributed by atoms with E-state index < -0.39 is 5.60 Å². The van der Waals surface area contributed by atoms with Gasteiger partial charge in [-0.2, -0.15) is 5.26 Å². The summed E-state index contributed by atoms with van der Waals surface area (Å²) in [5, 5.41) is 8.93. The van der Waals surface area contributed by atoms with Gasteiger partial charge < -0.3 is 9.64 Å². The van der Waals surface area contributed by atoms with E-state index in [1.54, 1.807) is 6.07 Å². The van der Waals surface area contributed by atoms with Crippen molar-refractivity contribution in [3.63, 3.8) is 0 Å². The van der Waals surface area contributed by atoms with E-state index in [0.29, 0.717) is 30.8 Å². The Morgan fingerprint density at radius 2 is 1.78 bits per heavy atom. The van der Waals surface area contributed by atoms with Crippen LogP contribution in [0.3, 0.4) is 0 Å². The van der Waals surface area contributed by atoms with Crippen LogP contribution in [0.5, 0.6) is 5.75 Å². The van der Waals surface area contributed by atoms with E-state index in [9.17, 15) is 9.59 Å². The summed E-state index contributed by atoms with van der Waals surface area (Å²) in [7, 11) is 0. The zero-order chi connectivity index (χ0) is 22.7. The molecule has 1 amide bonds. The average molecular weight is 432 g/mol. The van der Waals surface area contributed by atoms with Gasteiger partial charge in [0.1, 0.15) is 5.75 Å². The zero-order valence-corrected chi connectivity index (χ0v) is 18.8. The van der Waals surface area contributed by atoms with Gasteiger partial charge in [-0.25, -0.2) is 0 Å². The van der Waals surface area contributed by atoms with Crippen molar-refractivity contribution in [3.8, 4) is 11.8 Å². The molecule has 1 saturated heterocycles. The molecular formula is C26H29N3O3. The molecule has 6 heteroatoms. The number of carbonyl (C=O) groups is 2. The van der Waals surface area contributed by atoms with Crippen LogP contribution in [-0.2, 0) is 17.8 Å². The molecule has 4 rings (SSSR count). The van der Waals surface area contributed by atoms with E-state index in [4.69, 9.17) is 10.00 Å². The first-order chi connectivity index (χ1) is 15.4. The summed E-state index contributed by atoms with van der Waals surface area (Å²) in [6.07, 6.45) is 2.34. The fraction of sp³-hybridized carbons (Fsp3) is 0.423. The van der Waals surface area contributed by atoms with Gasteiger partial charge in [0.15, 0.2) is 11.4 Å². The van der Waals surface area contributed by atoms with E-state index in [1.165, 1.54) is 5.56 Å². The number of Topliss-reactive ketones (excluding diaryl/α,β-unsaturated/α-hetero) is 1. The molecule has 32 heavy (non-hydrogen) atoms. The lowest BCUT2D eigenvalue weighted by atomic mass is 9.90. The number of piperazine rings is 1. The standard InChI is InChI=1S/C26H29N3O3/c1-26(2,32-22-10-11-23-21(16-22)4-3-5-24(23)30)25(31)29-14-12-28(13-15-29)18-20-8-6-19(17-27)7-9-20/h6-11,16H,3-5,12-15,18H2,1-2H3. The zero-order valence-electron chi connectivity index (χ0n) is 18.8. The van der Waals surface area contributed by atoms with E-state index >= 15 is 0 Å². The second kappa shape index (κ2) is 9.13. The number of ether oxygens (including phenoxy) is 1. The highest BCUT2D eigenvalue weighted by molar-refractivity contribution is 5.98. The van der Waals surface area contributed by atoms with Crippen LogP contribution in [0.2, 0.25) is 0 Å². The number of hydrogen-bond acceptors (Lipinski definition) is 5. The van der Waals surface area contributed by atoms with Crippen LogP contribution in [0.15, 0.2) is 42.5 Å². The second-order valence-corrected chi connectivity index (χ2v) is 9.09. The van der Waals surface area contributed by atoms with Crippen LogP contribution in [-0.4, -0.2) is 53.3 Å². The molecule has 1 aliphatic heterocycles. The third-order valence-corrected chi connectivity index (χ3v) is 6.26. The molecule has 0 radical (unpaired) electrons. The minimum Gasteiger partial charge on any atom is -0.478 e. The van der Waals surface area contributed by atoms with Crippen molar-refractivity contribution in [2.75, 3.05) is 26.2 Å². The predicted molar refractivity (Wildman–Crippen MR) is 121 cm³/mol. The quantitative estimate of drug-likeness (QED) is 0.724. The number of rotatable bonds is 5. The molecule has 0 aromatic heterocycles. The number of benzene rings is 2. The van der Waals surface area contributed by atoms with Crippen molar-refractivity contribution in [3.05, 3.63) is 64.7 Å². The molecule has 0 unspecified atom stereocenters. The maximum Gasteiger partial charge on any atom is 0.266 e. The fourth-order valence-corrected chi connectivity index (χ4v) is 4.46. The lowest BCUT2D eigenvalue weighted by molar-refractivity contribution is -0.147. The first kappa shape index (κ1) is 22.0. The Kier molecular flexibility index (Phi) is 6.29. The maximum atomic E-state index is 13.2. The number of nitrogens with zero attached hydrogens (tertiary/aromatic N) is 3. The van der Waals surface area contributed by atoms with Gasteiger partial charge in [-0.15, -0.1) is 0 Å². The maximum absolute atomic E-state index is 13.2. The first-order valence-electron chi connectivity index (χ1n) is 11.2. The molecule has 0 saturated carbocycles. The Bertz CT molecular complexity index is 1040. The number of fused-ring (bicyclic) bond motifs is 1. The minimum absolute atomic E-state index is 0.0238. The number of ketones is 1. The Morgan fingerprint density at radius 1 is 1.06 bits per heavy atom. The molecular weight excluding hydrogens is 402 g/mol. The lowest BCUT2D eigenvalue weighted by Crippen LogP contribution is -2.55. The van der Waals surface area contributed by atoms with Gasteiger partial charge in [0.2, 0.25) is 0 Å². The highest BCUT2D eigenvalue weighted by atomic mass is 16.5. The Balaban J connectivity index is 1.33. The second-order valence-electron chi connectivity index (χ2n) is 9.09. The Hall–Kier alpha value is -3.17. The molecule has 1 aliphatic carbocycles. The van der Waals surface area contributed by atoms with Crippen LogP contribution in [0.1, 0.15) is 53.7 Å².